The average molecular weight is 490 g/mol. The highest BCUT2D eigenvalue weighted by Crippen LogP contribution is 2.17. The Balaban J connectivity index is 1.93. The molecular weight excluding hydrogens is 466 g/mol. The molecule has 0 bridgehead atoms. The maximum Gasteiger partial charge on any atom is 0.305 e. The number of sulfonamides is 1. The molecule has 33 heavy (non-hydrogen) atoms. The number of carbonyl (C=O) groups is 1. The number of nitrogens with zero attached hydrogens (tertiary/aromatic N) is 2. The van der Waals surface area contributed by atoms with E-state index in [4.69, 9.17) is 0 Å². The number of methoxy groups -OCH3 is 1. The first-order valence-corrected chi connectivity index (χ1v) is 12.8. The van der Waals surface area contributed by atoms with Crippen LogP contribution in [0.15, 0.2) is 87.9 Å². The lowest BCUT2D eigenvalue weighted by atomic mass is 10.1. The second-order valence-corrected chi connectivity index (χ2v) is 10.6. The van der Waals surface area contributed by atoms with Crippen LogP contribution in [0.2, 0.25) is 0 Å². The van der Waals surface area contributed by atoms with Crippen molar-refractivity contribution in [3.63, 3.8) is 0 Å². The number of benzene rings is 2. The zero-order valence-corrected chi connectivity index (χ0v) is 19.6. The predicted octanol–water partition coefficient (Wildman–Crippen LogP) is 2.67. The first kappa shape index (κ1) is 24.2. The zero-order chi connectivity index (χ0) is 24.1. The molecule has 0 fully saturated rings. The van der Waals surface area contributed by atoms with Crippen molar-refractivity contribution in [3.05, 3.63) is 84.2 Å². The van der Waals surface area contributed by atoms with E-state index in [2.05, 4.69) is 14.7 Å². The van der Waals surface area contributed by atoms with Crippen molar-refractivity contribution in [3.8, 4) is 0 Å². The molecule has 0 amide bonds. The third kappa shape index (κ3) is 5.88. The van der Waals surface area contributed by atoms with E-state index in [9.17, 15) is 21.6 Å². The molecule has 2 aromatic carbocycles. The molecule has 1 aromatic heterocycles. The first-order chi connectivity index (χ1) is 15.6. The van der Waals surface area contributed by atoms with Crippen LogP contribution in [0.1, 0.15) is 24.0 Å². The standard InChI is InChI=1S/C22H23N3O6S2/c1-17-8-10-19(11-9-17)32(27,28)24-23-21(12-13-22(26)31-2)18-14-15-25(16-18)33(29,30)20-6-4-3-5-7-20/h3-11,14-16,24H,12-13H2,1-2H3. The molecule has 3 aromatic rings. The SMILES string of the molecule is COC(=O)CCC(=NNS(=O)(=O)c1ccc(C)cc1)c1ccn(S(=O)(=O)c2ccccc2)c1. The summed E-state index contributed by atoms with van der Waals surface area (Å²) in [5.74, 6) is -0.513. The van der Waals surface area contributed by atoms with Gasteiger partial charge in [-0.15, -0.1) is 0 Å². The van der Waals surface area contributed by atoms with Crippen molar-refractivity contribution in [1.29, 1.82) is 0 Å². The molecule has 0 radical (unpaired) electrons. The summed E-state index contributed by atoms with van der Waals surface area (Å²) in [7, 11) is -6.58. The van der Waals surface area contributed by atoms with E-state index in [0.717, 1.165) is 9.54 Å². The van der Waals surface area contributed by atoms with Crippen molar-refractivity contribution in [2.45, 2.75) is 29.6 Å². The van der Waals surface area contributed by atoms with E-state index in [1.165, 1.54) is 49.8 Å². The van der Waals surface area contributed by atoms with Gasteiger partial charge in [0.25, 0.3) is 20.0 Å². The molecule has 1 heterocycles. The summed E-state index contributed by atoms with van der Waals surface area (Å²) < 4.78 is 56.6. The van der Waals surface area contributed by atoms with Gasteiger partial charge in [0.15, 0.2) is 0 Å². The number of aryl methyl sites for hydroxylation is 1. The molecule has 9 nitrogen and oxygen atoms in total. The Morgan fingerprint density at radius 2 is 1.61 bits per heavy atom. The molecule has 0 aliphatic heterocycles. The fraction of sp³-hybridized carbons (Fsp3) is 0.182. The maximum absolute atomic E-state index is 12.8. The quantitative estimate of drug-likeness (QED) is 0.280. The van der Waals surface area contributed by atoms with E-state index in [1.54, 1.807) is 30.3 Å². The summed E-state index contributed by atoms with van der Waals surface area (Å²) in [5.41, 5.74) is 1.42. The Morgan fingerprint density at radius 1 is 0.939 bits per heavy atom. The monoisotopic (exact) mass is 489 g/mol. The van der Waals surface area contributed by atoms with Crippen LogP contribution in [0.4, 0.5) is 0 Å². The van der Waals surface area contributed by atoms with Gasteiger partial charge in [0.2, 0.25) is 0 Å². The minimum atomic E-state index is -3.97. The van der Waals surface area contributed by atoms with Crippen LogP contribution >= 0.6 is 0 Å². The molecule has 1 N–H and O–H groups in total. The van der Waals surface area contributed by atoms with Gasteiger partial charge in [-0.3, -0.25) is 4.79 Å². The highest BCUT2D eigenvalue weighted by molar-refractivity contribution is 7.90. The molecule has 0 unspecified atom stereocenters. The lowest BCUT2D eigenvalue weighted by molar-refractivity contribution is -0.140. The molecule has 0 aliphatic carbocycles. The van der Waals surface area contributed by atoms with Gasteiger partial charge in [-0.05, 0) is 37.3 Å². The van der Waals surface area contributed by atoms with Crippen LogP contribution in [0.25, 0.3) is 0 Å². The molecule has 0 atom stereocenters. The molecule has 0 saturated carbocycles. The summed E-state index contributed by atoms with van der Waals surface area (Å²) in [6, 6.07) is 15.6. The van der Waals surface area contributed by atoms with Gasteiger partial charge in [-0.25, -0.2) is 12.4 Å². The number of ether oxygens (including phenoxy) is 1. The molecule has 3 rings (SSSR count). The van der Waals surface area contributed by atoms with Gasteiger partial charge >= 0.3 is 5.97 Å². The van der Waals surface area contributed by atoms with Crippen LogP contribution in [0.5, 0.6) is 0 Å². The van der Waals surface area contributed by atoms with Crippen molar-refractivity contribution in [2.75, 3.05) is 7.11 Å². The van der Waals surface area contributed by atoms with Crippen molar-refractivity contribution < 1.29 is 26.4 Å². The van der Waals surface area contributed by atoms with Crippen LogP contribution in [-0.2, 0) is 29.6 Å². The Kier molecular flexibility index (Phi) is 7.34. The van der Waals surface area contributed by atoms with Crippen molar-refractivity contribution in [2.24, 2.45) is 5.10 Å². The third-order valence-corrected chi connectivity index (χ3v) is 7.62. The molecule has 0 saturated heterocycles. The second-order valence-electron chi connectivity index (χ2n) is 7.09. The maximum atomic E-state index is 12.8. The van der Waals surface area contributed by atoms with E-state index in [0.29, 0.717) is 5.56 Å². The van der Waals surface area contributed by atoms with Crippen molar-refractivity contribution >= 4 is 31.7 Å². The van der Waals surface area contributed by atoms with Crippen molar-refractivity contribution in [1.82, 2.24) is 8.80 Å². The largest absolute Gasteiger partial charge is 0.469 e. The fourth-order valence-corrected chi connectivity index (χ4v) is 4.93. The Labute approximate surface area is 192 Å². The summed E-state index contributed by atoms with van der Waals surface area (Å²) in [4.78, 5) is 13.9. The molecule has 0 spiro atoms. The van der Waals surface area contributed by atoms with E-state index < -0.39 is 26.0 Å². The summed E-state index contributed by atoms with van der Waals surface area (Å²) >= 11 is 0. The van der Waals surface area contributed by atoms with E-state index in [1.807, 2.05) is 6.92 Å². The summed E-state index contributed by atoms with van der Waals surface area (Å²) in [6.07, 6.45) is 2.61. The number of esters is 1. The number of carbonyl (C=O) groups excluding carboxylic acids is 1. The number of hydrazone groups is 1. The Hall–Kier alpha value is -3.44. The second kappa shape index (κ2) is 10.0. The van der Waals surface area contributed by atoms with Gasteiger partial charge in [-0.1, -0.05) is 35.9 Å². The van der Waals surface area contributed by atoms with Crippen LogP contribution in [-0.4, -0.2) is 39.6 Å². The Bertz CT molecular complexity index is 1360. The van der Waals surface area contributed by atoms with Gasteiger partial charge in [-0.2, -0.15) is 18.4 Å². The fourth-order valence-electron chi connectivity index (χ4n) is 2.88. The highest BCUT2D eigenvalue weighted by Gasteiger charge is 2.19. The van der Waals surface area contributed by atoms with Gasteiger partial charge < -0.3 is 4.74 Å². The number of rotatable bonds is 9. The minimum Gasteiger partial charge on any atom is -0.469 e. The number of aromatic nitrogens is 1. The minimum absolute atomic E-state index is 0.0217. The van der Waals surface area contributed by atoms with E-state index in [-0.39, 0.29) is 28.3 Å². The van der Waals surface area contributed by atoms with Crippen LogP contribution in [0, 0.1) is 6.92 Å². The zero-order valence-electron chi connectivity index (χ0n) is 18.0. The lowest BCUT2D eigenvalue weighted by Gasteiger charge is -2.08. The van der Waals surface area contributed by atoms with Gasteiger partial charge in [0.05, 0.1) is 29.0 Å². The van der Waals surface area contributed by atoms with Gasteiger partial charge in [0.1, 0.15) is 0 Å². The smallest absolute Gasteiger partial charge is 0.305 e. The summed E-state index contributed by atoms with van der Waals surface area (Å²) in [6.45, 7) is 1.83. The highest BCUT2D eigenvalue weighted by atomic mass is 32.2. The van der Waals surface area contributed by atoms with Gasteiger partial charge in [0, 0.05) is 24.4 Å². The predicted molar refractivity (Wildman–Crippen MR) is 123 cm³/mol. The normalized spacial score (nSPS) is 12.4. The first-order valence-electron chi connectivity index (χ1n) is 9.84. The number of nitrogens with one attached hydrogen (secondary N) is 1. The average Bonchev–Trinajstić information content (AvgIpc) is 3.30. The topological polar surface area (TPSA) is 124 Å². The molecule has 174 valence electrons. The molecule has 11 heteroatoms. The van der Waals surface area contributed by atoms with Crippen LogP contribution < -0.4 is 4.83 Å². The third-order valence-electron chi connectivity index (χ3n) is 4.74. The molecule has 0 aliphatic rings. The Morgan fingerprint density at radius 3 is 2.24 bits per heavy atom. The van der Waals surface area contributed by atoms with Crippen LogP contribution in [0.3, 0.4) is 0 Å². The lowest BCUT2D eigenvalue weighted by Crippen LogP contribution is -2.21. The number of hydrogen-bond acceptors (Lipinski definition) is 7. The molecular formula is C22H23N3O6S2. The number of hydrogen-bond donors (Lipinski definition) is 1. The van der Waals surface area contributed by atoms with E-state index >= 15 is 0 Å². The summed E-state index contributed by atoms with van der Waals surface area (Å²) in [5, 5.41) is 4.00.